The van der Waals surface area contributed by atoms with Crippen LogP contribution in [0, 0.1) is 0 Å². The molecule has 0 spiro atoms. The molecular formula is C18H8B2F12O4. The third-order valence-corrected chi connectivity index (χ3v) is 4.20. The van der Waals surface area contributed by atoms with Crippen LogP contribution in [0.2, 0.25) is 0 Å². The molecule has 0 heterocycles. The van der Waals surface area contributed by atoms with Gasteiger partial charge in [-0.05, 0) is 23.1 Å². The van der Waals surface area contributed by atoms with E-state index in [9.17, 15) is 62.3 Å². The van der Waals surface area contributed by atoms with Crippen LogP contribution in [0.3, 0.4) is 0 Å². The SMILES string of the molecule is O=C(OBc1cc(C(F)(F)F)cc(C(F)(F)F)c1)C(=O)OBc1cc(C(F)(F)F)cc(C(F)(F)F)c1. The van der Waals surface area contributed by atoms with Crippen LogP contribution < -0.4 is 10.9 Å². The van der Waals surface area contributed by atoms with E-state index in [2.05, 4.69) is 9.31 Å². The number of rotatable bonds is 4. The smallest absolute Gasteiger partial charge is 0.416 e. The Morgan fingerprint density at radius 2 is 0.694 bits per heavy atom. The largest absolute Gasteiger partial charge is 0.526 e. The predicted molar refractivity (Wildman–Crippen MR) is 98.6 cm³/mol. The van der Waals surface area contributed by atoms with E-state index >= 15 is 0 Å². The van der Waals surface area contributed by atoms with Crippen molar-refractivity contribution in [2.75, 3.05) is 0 Å². The highest BCUT2D eigenvalue weighted by molar-refractivity contribution is 6.55. The summed E-state index contributed by atoms with van der Waals surface area (Å²) < 4.78 is 163. The van der Waals surface area contributed by atoms with Crippen molar-refractivity contribution in [2.45, 2.75) is 24.7 Å². The first-order valence-electron chi connectivity index (χ1n) is 9.08. The lowest BCUT2D eigenvalue weighted by Gasteiger charge is -2.14. The van der Waals surface area contributed by atoms with Crippen molar-refractivity contribution in [2.24, 2.45) is 0 Å². The maximum Gasteiger partial charge on any atom is 0.416 e. The van der Waals surface area contributed by atoms with Gasteiger partial charge in [-0.1, -0.05) is 24.3 Å². The molecule has 0 aliphatic heterocycles. The molecule has 0 saturated carbocycles. The van der Waals surface area contributed by atoms with Crippen LogP contribution in [0.1, 0.15) is 22.3 Å². The first kappa shape index (κ1) is 28.9. The zero-order valence-corrected chi connectivity index (χ0v) is 17.0. The number of carbonyl (C=O) groups excluding carboxylic acids is 2. The Hall–Kier alpha value is -3.33. The van der Waals surface area contributed by atoms with Crippen molar-refractivity contribution in [3.8, 4) is 0 Å². The third-order valence-electron chi connectivity index (χ3n) is 4.20. The van der Waals surface area contributed by atoms with Crippen LogP contribution >= 0.6 is 0 Å². The lowest BCUT2D eigenvalue weighted by Crippen LogP contribution is -2.32. The van der Waals surface area contributed by atoms with E-state index < -0.39 is 84.8 Å². The number of benzene rings is 2. The van der Waals surface area contributed by atoms with Crippen LogP contribution in [0.4, 0.5) is 52.7 Å². The van der Waals surface area contributed by atoms with Gasteiger partial charge in [-0.15, -0.1) is 0 Å². The molecule has 0 saturated heterocycles. The molecule has 0 aromatic heterocycles. The molecule has 18 heteroatoms. The summed E-state index contributed by atoms with van der Waals surface area (Å²) in [5, 5.41) is 0. The molecule has 0 bridgehead atoms. The minimum Gasteiger partial charge on any atom is -0.526 e. The molecular weight excluding hydrogens is 530 g/mol. The summed E-state index contributed by atoms with van der Waals surface area (Å²) in [4.78, 5) is 23.3. The minimum atomic E-state index is -5.21. The van der Waals surface area contributed by atoms with Gasteiger partial charge in [-0.3, -0.25) is 0 Å². The predicted octanol–water partition coefficient (Wildman–Crippen LogP) is 3.50. The van der Waals surface area contributed by atoms with Crippen LogP contribution in [0.25, 0.3) is 0 Å². The first-order valence-corrected chi connectivity index (χ1v) is 9.08. The molecule has 4 nitrogen and oxygen atoms in total. The Bertz CT molecular complexity index is 983. The lowest BCUT2D eigenvalue weighted by atomic mass is 9.84. The van der Waals surface area contributed by atoms with Gasteiger partial charge >= 0.3 is 51.6 Å². The van der Waals surface area contributed by atoms with Crippen LogP contribution in [-0.4, -0.2) is 26.9 Å². The Kier molecular flexibility index (Phi) is 8.00. The van der Waals surface area contributed by atoms with Crippen LogP contribution in [0.5, 0.6) is 0 Å². The highest BCUT2D eigenvalue weighted by Gasteiger charge is 2.38. The van der Waals surface area contributed by atoms with Gasteiger partial charge < -0.3 is 9.31 Å². The molecule has 0 aliphatic rings. The van der Waals surface area contributed by atoms with E-state index in [1.165, 1.54) is 0 Å². The maximum absolute atomic E-state index is 12.8. The van der Waals surface area contributed by atoms with Crippen molar-refractivity contribution in [3.05, 3.63) is 58.7 Å². The fourth-order valence-electron chi connectivity index (χ4n) is 2.62. The molecule has 194 valence electrons. The quantitative estimate of drug-likeness (QED) is 0.340. The molecule has 2 rings (SSSR count). The molecule has 2 aromatic rings. The summed E-state index contributed by atoms with van der Waals surface area (Å²) >= 11 is 0. The number of carbonyl (C=O) groups is 2. The van der Waals surface area contributed by atoms with E-state index in [1.54, 1.807) is 0 Å². The average molecular weight is 538 g/mol. The highest BCUT2D eigenvalue weighted by Crippen LogP contribution is 2.35. The molecule has 0 unspecified atom stereocenters. The minimum absolute atomic E-state index is 0.204. The fourth-order valence-corrected chi connectivity index (χ4v) is 2.62. The highest BCUT2D eigenvalue weighted by atomic mass is 19.4. The normalized spacial score (nSPS) is 12.7. The third kappa shape index (κ3) is 7.84. The van der Waals surface area contributed by atoms with Crippen molar-refractivity contribution in [1.29, 1.82) is 0 Å². The molecule has 36 heavy (non-hydrogen) atoms. The topological polar surface area (TPSA) is 52.6 Å². The molecule has 0 atom stereocenters. The summed E-state index contributed by atoms with van der Waals surface area (Å²) in [5.74, 6) is -3.96. The molecule has 0 amide bonds. The Morgan fingerprint density at radius 3 is 0.889 bits per heavy atom. The number of alkyl halides is 12. The monoisotopic (exact) mass is 538 g/mol. The molecule has 0 N–H and O–H groups in total. The summed E-state index contributed by atoms with van der Waals surface area (Å²) in [6.07, 6.45) is -20.8. The summed E-state index contributed by atoms with van der Waals surface area (Å²) in [6, 6.07) is 0.405. The van der Waals surface area contributed by atoms with Crippen molar-refractivity contribution in [3.63, 3.8) is 0 Å². The van der Waals surface area contributed by atoms with E-state index in [0.29, 0.717) is 0 Å². The average Bonchev–Trinajstić information content (AvgIpc) is 2.72. The Balaban J connectivity index is 2.14. The number of hydrogen-bond acceptors (Lipinski definition) is 4. The van der Waals surface area contributed by atoms with Gasteiger partial charge in [0, 0.05) is 0 Å². The molecule has 2 aromatic carbocycles. The Labute approximate surface area is 193 Å². The first-order chi connectivity index (χ1) is 16.2. The molecule has 0 aliphatic carbocycles. The van der Waals surface area contributed by atoms with E-state index in [1.807, 2.05) is 0 Å². The second-order valence-corrected chi connectivity index (χ2v) is 6.98. The number of hydrogen-bond donors (Lipinski definition) is 0. The fraction of sp³-hybridized carbons (Fsp3) is 0.222. The lowest BCUT2D eigenvalue weighted by molar-refractivity contribution is -0.156. The van der Waals surface area contributed by atoms with Gasteiger partial charge in [0.1, 0.15) is 0 Å². The summed E-state index contributed by atoms with van der Waals surface area (Å²) in [6.45, 7) is 0. The van der Waals surface area contributed by atoms with Gasteiger partial charge in [0.15, 0.2) is 0 Å². The second-order valence-electron chi connectivity index (χ2n) is 6.98. The van der Waals surface area contributed by atoms with Crippen LogP contribution in [0.15, 0.2) is 36.4 Å². The van der Waals surface area contributed by atoms with Crippen molar-refractivity contribution in [1.82, 2.24) is 0 Å². The van der Waals surface area contributed by atoms with Crippen molar-refractivity contribution >= 4 is 37.8 Å². The standard InChI is InChI=1S/C18H8B2F12O4/c21-15(22,23)7-1-8(16(24,25)26)4-11(3-7)19-35-13(33)14(34)36-20-12-5-9(17(27,28)29)2-10(6-12)18(30,31)32/h1-6,19-20H. The van der Waals surface area contributed by atoms with Crippen molar-refractivity contribution < 1.29 is 71.6 Å². The molecule has 0 fully saturated rings. The zero-order chi connectivity index (χ0) is 27.7. The van der Waals surface area contributed by atoms with Gasteiger partial charge in [-0.25, -0.2) is 9.59 Å². The summed E-state index contributed by atoms with van der Waals surface area (Å²) in [5.41, 5.74) is -8.61. The van der Waals surface area contributed by atoms with Gasteiger partial charge in [0.25, 0.3) is 0 Å². The van der Waals surface area contributed by atoms with E-state index in [0.717, 1.165) is 0 Å². The Morgan fingerprint density at radius 1 is 0.472 bits per heavy atom. The molecule has 0 radical (unpaired) electrons. The van der Waals surface area contributed by atoms with Gasteiger partial charge in [0.05, 0.1) is 22.3 Å². The number of halogens is 12. The van der Waals surface area contributed by atoms with E-state index in [4.69, 9.17) is 0 Å². The maximum atomic E-state index is 12.8. The second kappa shape index (κ2) is 9.97. The van der Waals surface area contributed by atoms with Crippen LogP contribution in [-0.2, 0) is 43.6 Å². The van der Waals surface area contributed by atoms with Gasteiger partial charge in [-0.2, -0.15) is 52.7 Å². The summed E-state index contributed by atoms with van der Waals surface area (Å²) in [7, 11) is -2.55. The zero-order valence-electron chi connectivity index (χ0n) is 17.0. The van der Waals surface area contributed by atoms with E-state index in [-0.39, 0.29) is 36.4 Å². The van der Waals surface area contributed by atoms with Gasteiger partial charge in [0.2, 0.25) is 0 Å².